The second-order valence-electron chi connectivity index (χ2n) is 8.66. The normalized spacial score (nSPS) is 11.5. The van der Waals surface area contributed by atoms with E-state index in [-0.39, 0.29) is 10.6 Å². The molecular formula is C29H29ClN4O4S. The zero-order chi connectivity index (χ0) is 28.0. The van der Waals surface area contributed by atoms with Crippen molar-refractivity contribution in [2.24, 2.45) is 5.10 Å². The summed E-state index contributed by atoms with van der Waals surface area (Å²) in [7, 11) is -4.14. The Morgan fingerprint density at radius 3 is 2.38 bits per heavy atom. The van der Waals surface area contributed by atoms with Crippen molar-refractivity contribution in [3.8, 4) is 11.4 Å². The lowest BCUT2D eigenvalue weighted by atomic mass is 10.2. The third kappa shape index (κ3) is 6.32. The van der Waals surface area contributed by atoms with E-state index < -0.39 is 22.5 Å². The molecule has 1 N–H and O–H groups in total. The summed E-state index contributed by atoms with van der Waals surface area (Å²) in [6, 6.07) is 24.3. The van der Waals surface area contributed by atoms with Crippen molar-refractivity contribution < 1.29 is 17.9 Å². The van der Waals surface area contributed by atoms with Crippen LogP contribution in [0.15, 0.2) is 94.9 Å². The number of nitrogens with zero attached hydrogens (tertiary/aromatic N) is 3. The highest BCUT2D eigenvalue weighted by atomic mass is 35.5. The smallest absolute Gasteiger partial charge is 0.264 e. The second kappa shape index (κ2) is 12.2. The number of sulfonamides is 1. The predicted molar refractivity (Wildman–Crippen MR) is 155 cm³/mol. The topological polar surface area (TPSA) is 93.0 Å². The summed E-state index contributed by atoms with van der Waals surface area (Å²) in [6.45, 7) is 5.56. The first kappa shape index (κ1) is 27.9. The highest BCUT2D eigenvalue weighted by molar-refractivity contribution is 7.92. The summed E-state index contributed by atoms with van der Waals surface area (Å²) in [5, 5.41) is 4.51. The molecule has 8 nitrogen and oxygen atoms in total. The molecule has 39 heavy (non-hydrogen) atoms. The van der Waals surface area contributed by atoms with Crippen molar-refractivity contribution >= 4 is 39.4 Å². The van der Waals surface area contributed by atoms with Crippen LogP contribution >= 0.6 is 11.6 Å². The number of carbonyl (C=O) groups excluding carboxylic acids is 1. The van der Waals surface area contributed by atoms with Gasteiger partial charge in [0.05, 0.1) is 23.4 Å². The Labute approximate surface area is 233 Å². The average Bonchev–Trinajstić information content (AvgIpc) is 3.21. The molecule has 202 valence electrons. The molecule has 0 saturated carbocycles. The largest absolute Gasteiger partial charge is 0.492 e. The quantitative estimate of drug-likeness (QED) is 0.203. The number of ether oxygens (including phenoxy) is 1. The van der Waals surface area contributed by atoms with Gasteiger partial charge in [0, 0.05) is 27.7 Å². The molecule has 0 fully saturated rings. The number of para-hydroxylation sites is 3. The Bertz CT molecular complexity index is 1580. The fourth-order valence-electron chi connectivity index (χ4n) is 4.21. The maximum absolute atomic E-state index is 13.7. The molecule has 0 bridgehead atoms. The number of aryl methyl sites for hydroxylation is 1. The van der Waals surface area contributed by atoms with Crippen LogP contribution in [0.4, 0.5) is 5.69 Å². The van der Waals surface area contributed by atoms with E-state index in [0.717, 1.165) is 26.9 Å². The molecule has 4 rings (SSSR count). The van der Waals surface area contributed by atoms with E-state index in [1.807, 2.05) is 50.2 Å². The number of aromatic nitrogens is 1. The van der Waals surface area contributed by atoms with Crippen LogP contribution in [-0.4, -0.2) is 38.3 Å². The highest BCUT2D eigenvalue weighted by Crippen LogP contribution is 2.32. The summed E-state index contributed by atoms with van der Waals surface area (Å²) >= 11 is 5.96. The van der Waals surface area contributed by atoms with Crippen LogP contribution < -0.4 is 14.5 Å². The minimum atomic E-state index is -4.14. The van der Waals surface area contributed by atoms with Crippen molar-refractivity contribution in [3.63, 3.8) is 0 Å². The van der Waals surface area contributed by atoms with Crippen molar-refractivity contribution in [2.45, 2.75) is 25.7 Å². The summed E-state index contributed by atoms with van der Waals surface area (Å²) in [5.41, 5.74) is 6.51. The molecule has 0 radical (unpaired) electrons. The molecule has 4 aromatic rings. The number of rotatable bonds is 10. The zero-order valence-electron chi connectivity index (χ0n) is 21.8. The molecule has 0 aliphatic heterocycles. The third-order valence-electron chi connectivity index (χ3n) is 6.00. The number of hydrogen-bond acceptors (Lipinski definition) is 5. The first-order valence-electron chi connectivity index (χ1n) is 12.3. The van der Waals surface area contributed by atoms with Crippen LogP contribution in [0.1, 0.15) is 23.9 Å². The molecule has 0 unspecified atom stereocenters. The van der Waals surface area contributed by atoms with E-state index in [0.29, 0.717) is 17.4 Å². The van der Waals surface area contributed by atoms with Gasteiger partial charge < -0.3 is 9.30 Å². The van der Waals surface area contributed by atoms with E-state index in [2.05, 4.69) is 15.1 Å². The van der Waals surface area contributed by atoms with E-state index in [1.54, 1.807) is 37.4 Å². The van der Waals surface area contributed by atoms with Gasteiger partial charge in [-0.1, -0.05) is 41.9 Å². The molecule has 0 aliphatic rings. The first-order chi connectivity index (χ1) is 18.7. The molecule has 0 atom stereocenters. The van der Waals surface area contributed by atoms with Gasteiger partial charge in [0.15, 0.2) is 0 Å². The van der Waals surface area contributed by atoms with Crippen LogP contribution in [0.3, 0.4) is 0 Å². The molecule has 1 aromatic heterocycles. The first-order valence-corrected chi connectivity index (χ1v) is 14.1. The van der Waals surface area contributed by atoms with Crippen LogP contribution in [0.2, 0.25) is 5.02 Å². The monoisotopic (exact) mass is 564 g/mol. The standard InChI is InChI=1S/C29H29ClN4O4S/c1-4-38-28-13-9-8-12-27(28)33(39(36,37)26-16-14-24(30)15-17-26)20-29(35)32-31-19-23-18-21(2)34(22(23)3)25-10-6-5-7-11-25/h5-19H,4,20H2,1-3H3,(H,32,35)/b31-19-. The van der Waals surface area contributed by atoms with Crippen molar-refractivity contribution in [3.05, 3.63) is 107 Å². The minimum Gasteiger partial charge on any atom is -0.492 e. The lowest BCUT2D eigenvalue weighted by Gasteiger charge is -2.25. The number of nitrogens with one attached hydrogen (secondary N) is 1. The Balaban J connectivity index is 1.59. The molecule has 1 heterocycles. The van der Waals surface area contributed by atoms with Gasteiger partial charge in [-0.05, 0) is 75.4 Å². The molecule has 10 heteroatoms. The Morgan fingerprint density at radius 1 is 1.03 bits per heavy atom. The van der Waals surface area contributed by atoms with Gasteiger partial charge in [-0.2, -0.15) is 5.10 Å². The highest BCUT2D eigenvalue weighted by Gasteiger charge is 2.29. The number of hydrogen-bond donors (Lipinski definition) is 1. The average molecular weight is 565 g/mol. The summed E-state index contributed by atoms with van der Waals surface area (Å²) < 4.78 is 36.1. The number of anilines is 1. The number of hydrazone groups is 1. The Kier molecular flexibility index (Phi) is 8.73. The molecule has 1 amide bonds. The van der Waals surface area contributed by atoms with Gasteiger partial charge in [0.2, 0.25) is 0 Å². The van der Waals surface area contributed by atoms with Crippen molar-refractivity contribution in [2.75, 3.05) is 17.5 Å². The zero-order valence-corrected chi connectivity index (χ0v) is 23.4. The van der Waals surface area contributed by atoms with Gasteiger partial charge in [-0.3, -0.25) is 9.10 Å². The fourth-order valence-corrected chi connectivity index (χ4v) is 5.76. The van der Waals surface area contributed by atoms with E-state index in [4.69, 9.17) is 16.3 Å². The van der Waals surface area contributed by atoms with Gasteiger partial charge in [0.25, 0.3) is 15.9 Å². The molecule has 0 aliphatic carbocycles. The van der Waals surface area contributed by atoms with Crippen LogP contribution in [0.25, 0.3) is 5.69 Å². The van der Waals surface area contributed by atoms with Crippen LogP contribution in [0, 0.1) is 13.8 Å². The van der Waals surface area contributed by atoms with E-state index >= 15 is 0 Å². The Hall–Kier alpha value is -4.08. The number of benzene rings is 3. The maximum atomic E-state index is 13.7. The number of carbonyl (C=O) groups is 1. The lowest BCUT2D eigenvalue weighted by molar-refractivity contribution is -0.119. The van der Waals surface area contributed by atoms with Gasteiger partial charge in [-0.25, -0.2) is 13.8 Å². The molecular weight excluding hydrogens is 536 g/mol. The van der Waals surface area contributed by atoms with Crippen LogP contribution in [-0.2, 0) is 14.8 Å². The summed E-state index contributed by atoms with van der Waals surface area (Å²) in [6.07, 6.45) is 1.55. The van der Waals surface area contributed by atoms with Gasteiger partial charge >= 0.3 is 0 Å². The van der Waals surface area contributed by atoms with Crippen LogP contribution in [0.5, 0.6) is 5.75 Å². The molecule has 3 aromatic carbocycles. The second-order valence-corrected chi connectivity index (χ2v) is 11.0. The van der Waals surface area contributed by atoms with E-state index in [9.17, 15) is 13.2 Å². The predicted octanol–water partition coefficient (Wildman–Crippen LogP) is 5.49. The SMILES string of the molecule is CCOc1ccccc1N(CC(=O)N/N=C\c1cc(C)n(-c2ccccc2)c1C)S(=O)(=O)c1ccc(Cl)cc1. The lowest BCUT2D eigenvalue weighted by Crippen LogP contribution is -2.39. The third-order valence-corrected chi connectivity index (χ3v) is 8.03. The fraction of sp³-hybridized carbons (Fsp3) is 0.172. The summed E-state index contributed by atoms with van der Waals surface area (Å²) in [5.74, 6) is -0.283. The molecule has 0 spiro atoms. The summed E-state index contributed by atoms with van der Waals surface area (Å²) in [4.78, 5) is 13.0. The molecule has 0 saturated heterocycles. The van der Waals surface area contributed by atoms with Gasteiger partial charge in [-0.15, -0.1) is 0 Å². The number of amides is 1. The van der Waals surface area contributed by atoms with E-state index in [1.165, 1.54) is 24.3 Å². The maximum Gasteiger partial charge on any atom is 0.264 e. The van der Waals surface area contributed by atoms with Gasteiger partial charge in [0.1, 0.15) is 12.3 Å². The van der Waals surface area contributed by atoms with Crippen molar-refractivity contribution in [1.29, 1.82) is 0 Å². The van der Waals surface area contributed by atoms with Crippen molar-refractivity contribution in [1.82, 2.24) is 9.99 Å². The Morgan fingerprint density at radius 2 is 1.69 bits per heavy atom. The number of halogens is 1. The minimum absolute atomic E-state index is 0.0112.